The van der Waals surface area contributed by atoms with Gasteiger partial charge in [0.1, 0.15) is 0 Å². The monoisotopic (exact) mass is 288 g/mol. The Morgan fingerprint density at radius 2 is 2.19 bits per heavy atom. The van der Waals surface area contributed by atoms with Gasteiger partial charge in [-0.25, -0.2) is 4.39 Å². The van der Waals surface area contributed by atoms with E-state index in [1.165, 1.54) is 6.07 Å². The molecule has 3 nitrogen and oxygen atoms in total. The van der Waals surface area contributed by atoms with Gasteiger partial charge in [-0.2, -0.15) is 0 Å². The van der Waals surface area contributed by atoms with Crippen LogP contribution in [0.1, 0.15) is 31.0 Å². The average Bonchev–Trinajstić information content (AvgIpc) is 2.50. The molecule has 112 valence electrons. The second kappa shape index (κ2) is 7.74. The van der Waals surface area contributed by atoms with Gasteiger partial charge in [0, 0.05) is 24.9 Å². The maximum Gasteiger partial charge on any atom is 0.165 e. The van der Waals surface area contributed by atoms with Gasteiger partial charge in [0.15, 0.2) is 11.6 Å². The predicted octanol–water partition coefficient (Wildman–Crippen LogP) is 3.51. The SMILES string of the molecule is CCNC(C)c1ccc(OCCc2cccnc2)c(F)c1. The summed E-state index contributed by atoms with van der Waals surface area (Å²) in [5, 5.41) is 3.26. The summed E-state index contributed by atoms with van der Waals surface area (Å²) >= 11 is 0. The van der Waals surface area contributed by atoms with Crippen molar-refractivity contribution >= 4 is 0 Å². The van der Waals surface area contributed by atoms with Crippen molar-refractivity contribution < 1.29 is 9.13 Å². The minimum absolute atomic E-state index is 0.133. The van der Waals surface area contributed by atoms with E-state index in [0.29, 0.717) is 18.8 Å². The number of pyridine rings is 1. The van der Waals surface area contributed by atoms with E-state index >= 15 is 0 Å². The molecule has 21 heavy (non-hydrogen) atoms. The number of nitrogens with zero attached hydrogens (tertiary/aromatic N) is 1. The maximum atomic E-state index is 14.0. The first-order chi connectivity index (χ1) is 10.2. The number of nitrogens with one attached hydrogen (secondary N) is 1. The van der Waals surface area contributed by atoms with E-state index in [2.05, 4.69) is 10.3 Å². The van der Waals surface area contributed by atoms with Crippen LogP contribution in [0.5, 0.6) is 5.75 Å². The quantitative estimate of drug-likeness (QED) is 0.846. The predicted molar refractivity (Wildman–Crippen MR) is 81.9 cm³/mol. The molecule has 1 aromatic heterocycles. The molecule has 0 fully saturated rings. The molecule has 0 aliphatic carbocycles. The first-order valence-electron chi connectivity index (χ1n) is 7.25. The molecule has 1 heterocycles. The third-order valence-electron chi connectivity index (χ3n) is 3.34. The number of rotatable bonds is 7. The molecule has 1 aromatic carbocycles. The van der Waals surface area contributed by atoms with E-state index in [9.17, 15) is 4.39 Å². The summed E-state index contributed by atoms with van der Waals surface area (Å²) in [5.41, 5.74) is 2.00. The van der Waals surface area contributed by atoms with Crippen LogP contribution in [0.2, 0.25) is 0 Å². The Labute approximate surface area is 125 Å². The molecule has 0 aliphatic rings. The van der Waals surface area contributed by atoms with Crippen molar-refractivity contribution in [2.24, 2.45) is 0 Å². The van der Waals surface area contributed by atoms with Crippen LogP contribution in [-0.2, 0) is 6.42 Å². The Morgan fingerprint density at radius 1 is 1.33 bits per heavy atom. The molecule has 0 saturated carbocycles. The zero-order chi connectivity index (χ0) is 15.1. The third-order valence-corrected chi connectivity index (χ3v) is 3.34. The fraction of sp³-hybridized carbons (Fsp3) is 0.353. The maximum absolute atomic E-state index is 14.0. The number of ether oxygens (including phenoxy) is 1. The van der Waals surface area contributed by atoms with Crippen molar-refractivity contribution in [2.45, 2.75) is 26.3 Å². The number of halogens is 1. The highest BCUT2D eigenvalue weighted by atomic mass is 19.1. The lowest BCUT2D eigenvalue weighted by atomic mass is 10.1. The van der Waals surface area contributed by atoms with Gasteiger partial charge in [0.05, 0.1) is 6.61 Å². The highest BCUT2D eigenvalue weighted by Gasteiger charge is 2.09. The van der Waals surface area contributed by atoms with Crippen LogP contribution in [0.25, 0.3) is 0 Å². The Morgan fingerprint density at radius 3 is 2.86 bits per heavy atom. The zero-order valence-electron chi connectivity index (χ0n) is 12.5. The van der Waals surface area contributed by atoms with Gasteiger partial charge in [-0.05, 0) is 42.8 Å². The van der Waals surface area contributed by atoms with Crippen LogP contribution < -0.4 is 10.1 Å². The smallest absolute Gasteiger partial charge is 0.165 e. The summed E-state index contributed by atoms with van der Waals surface area (Å²) in [6, 6.07) is 9.12. The van der Waals surface area contributed by atoms with E-state index in [1.807, 2.05) is 32.0 Å². The lowest BCUT2D eigenvalue weighted by Crippen LogP contribution is -2.17. The van der Waals surface area contributed by atoms with Crippen molar-refractivity contribution in [2.75, 3.05) is 13.2 Å². The van der Waals surface area contributed by atoms with E-state index in [4.69, 9.17) is 4.74 Å². The van der Waals surface area contributed by atoms with Gasteiger partial charge in [-0.3, -0.25) is 4.98 Å². The number of aromatic nitrogens is 1. The molecule has 0 saturated heterocycles. The molecule has 0 spiro atoms. The Bertz CT molecular complexity index is 560. The summed E-state index contributed by atoms with van der Waals surface area (Å²) in [7, 11) is 0. The topological polar surface area (TPSA) is 34.1 Å². The lowest BCUT2D eigenvalue weighted by molar-refractivity contribution is 0.305. The molecular weight excluding hydrogens is 267 g/mol. The minimum Gasteiger partial charge on any atom is -0.490 e. The fourth-order valence-corrected chi connectivity index (χ4v) is 2.15. The molecule has 0 amide bonds. The van der Waals surface area contributed by atoms with Crippen LogP contribution >= 0.6 is 0 Å². The number of benzene rings is 1. The number of hydrogen-bond acceptors (Lipinski definition) is 3. The standard InChI is InChI=1S/C17H21FN2O/c1-3-20-13(2)15-6-7-17(16(18)11-15)21-10-8-14-5-4-9-19-12-14/h4-7,9,11-13,20H,3,8,10H2,1-2H3. The molecule has 2 aromatic rings. The highest BCUT2D eigenvalue weighted by molar-refractivity contribution is 5.31. The molecule has 0 aliphatic heterocycles. The molecule has 1 N–H and O–H groups in total. The summed E-state index contributed by atoms with van der Waals surface area (Å²) in [4.78, 5) is 4.04. The normalized spacial score (nSPS) is 12.1. The molecule has 4 heteroatoms. The summed E-state index contributed by atoms with van der Waals surface area (Å²) < 4.78 is 19.5. The van der Waals surface area contributed by atoms with Crippen LogP contribution in [0.15, 0.2) is 42.7 Å². The first-order valence-corrected chi connectivity index (χ1v) is 7.25. The summed E-state index contributed by atoms with van der Waals surface area (Å²) in [6.45, 7) is 5.33. The molecule has 0 bridgehead atoms. The van der Waals surface area contributed by atoms with Gasteiger partial charge in [-0.15, -0.1) is 0 Å². The zero-order valence-corrected chi connectivity index (χ0v) is 12.5. The van der Waals surface area contributed by atoms with Crippen molar-refractivity contribution in [1.29, 1.82) is 0 Å². The highest BCUT2D eigenvalue weighted by Crippen LogP contribution is 2.22. The Balaban J connectivity index is 1.92. The largest absolute Gasteiger partial charge is 0.490 e. The van der Waals surface area contributed by atoms with Gasteiger partial charge < -0.3 is 10.1 Å². The fourth-order valence-electron chi connectivity index (χ4n) is 2.15. The Hall–Kier alpha value is -1.94. The second-order valence-electron chi connectivity index (χ2n) is 4.93. The van der Waals surface area contributed by atoms with Gasteiger partial charge in [0.25, 0.3) is 0 Å². The van der Waals surface area contributed by atoms with Crippen LogP contribution in [0, 0.1) is 5.82 Å². The van der Waals surface area contributed by atoms with Gasteiger partial charge in [0.2, 0.25) is 0 Å². The average molecular weight is 288 g/mol. The van der Waals surface area contributed by atoms with Gasteiger partial charge >= 0.3 is 0 Å². The lowest BCUT2D eigenvalue weighted by Gasteiger charge is -2.14. The molecule has 2 rings (SSSR count). The van der Waals surface area contributed by atoms with Crippen molar-refractivity contribution in [3.05, 3.63) is 59.7 Å². The van der Waals surface area contributed by atoms with Crippen molar-refractivity contribution in [3.63, 3.8) is 0 Å². The molecule has 1 atom stereocenters. The minimum atomic E-state index is -0.316. The molecular formula is C17H21FN2O. The van der Waals surface area contributed by atoms with Crippen LogP contribution in [0.3, 0.4) is 0 Å². The van der Waals surface area contributed by atoms with Crippen molar-refractivity contribution in [1.82, 2.24) is 10.3 Å². The van der Waals surface area contributed by atoms with E-state index < -0.39 is 0 Å². The number of hydrogen-bond donors (Lipinski definition) is 1. The van der Waals surface area contributed by atoms with Crippen LogP contribution in [-0.4, -0.2) is 18.1 Å². The van der Waals surface area contributed by atoms with Crippen molar-refractivity contribution in [3.8, 4) is 5.75 Å². The third kappa shape index (κ3) is 4.53. The van der Waals surface area contributed by atoms with E-state index in [-0.39, 0.29) is 11.9 Å². The first kappa shape index (κ1) is 15.4. The second-order valence-corrected chi connectivity index (χ2v) is 4.93. The molecule has 1 unspecified atom stereocenters. The van der Waals surface area contributed by atoms with Gasteiger partial charge in [-0.1, -0.05) is 19.1 Å². The molecule has 0 radical (unpaired) electrons. The van der Waals surface area contributed by atoms with Crippen LogP contribution in [0.4, 0.5) is 4.39 Å². The summed E-state index contributed by atoms with van der Waals surface area (Å²) in [6.07, 6.45) is 4.23. The van der Waals surface area contributed by atoms with E-state index in [0.717, 1.165) is 17.7 Å². The Kier molecular flexibility index (Phi) is 5.69. The van der Waals surface area contributed by atoms with E-state index in [1.54, 1.807) is 18.5 Å². The summed E-state index contributed by atoms with van der Waals surface area (Å²) in [5.74, 6) is -0.0187.